The molecule has 1 atom stereocenters. The van der Waals surface area contributed by atoms with Crippen molar-refractivity contribution in [2.45, 2.75) is 45.7 Å². The number of nitrogens with one attached hydrogen (secondary N) is 1. The summed E-state index contributed by atoms with van der Waals surface area (Å²) in [6.07, 6.45) is 6.07. The second-order valence-electron chi connectivity index (χ2n) is 7.80. The van der Waals surface area contributed by atoms with Gasteiger partial charge in [-0.15, -0.1) is 11.3 Å². The number of pyridine rings is 1. The summed E-state index contributed by atoms with van der Waals surface area (Å²) in [6, 6.07) is 4.31. The first-order valence-corrected chi connectivity index (χ1v) is 11.2. The Bertz CT molecular complexity index is 797. The van der Waals surface area contributed by atoms with Gasteiger partial charge in [0.15, 0.2) is 0 Å². The Morgan fingerprint density at radius 3 is 3.11 bits per heavy atom. The minimum absolute atomic E-state index is 0.0849. The van der Waals surface area contributed by atoms with Crippen molar-refractivity contribution in [1.82, 2.24) is 15.2 Å². The van der Waals surface area contributed by atoms with Gasteiger partial charge in [0.2, 0.25) is 0 Å². The average Bonchev–Trinajstić information content (AvgIpc) is 3.38. The van der Waals surface area contributed by atoms with Gasteiger partial charge in [0, 0.05) is 55.8 Å². The number of amides is 1. The van der Waals surface area contributed by atoms with E-state index < -0.39 is 0 Å². The highest BCUT2D eigenvalue weighted by Crippen LogP contribution is 2.29. The number of aromatic nitrogens is 1. The van der Waals surface area contributed by atoms with Crippen LogP contribution in [0.2, 0.25) is 0 Å². The molecular formula is C22H29N3O2S. The Labute approximate surface area is 171 Å². The van der Waals surface area contributed by atoms with Gasteiger partial charge in [0.1, 0.15) is 0 Å². The number of carbonyl (C=O) groups is 1. The molecule has 2 aromatic rings. The van der Waals surface area contributed by atoms with Crippen LogP contribution >= 0.6 is 11.3 Å². The fourth-order valence-corrected chi connectivity index (χ4v) is 5.11. The van der Waals surface area contributed by atoms with Crippen molar-refractivity contribution in [1.29, 1.82) is 0 Å². The molecule has 150 valence electrons. The van der Waals surface area contributed by atoms with Crippen molar-refractivity contribution in [3.8, 4) is 0 Å². The molecule has 1 amide bonds. The Morgan fingerprint density at radius 1 is 1.43 bits per heavy atom. The van der Waals surface area contributed by atoms with Gasteiger partial charge in [-0.2, -0.15) is 0 Å². The van der Waals surface area contributed by atoms with Crippen LogP contribution in [0, 0.1) is 5.92 Å². The third-order valence-corrected chi connectivity index (χ3v) is 6.83. The van der Waals surface area contributed by atoms with Crippen molar-refractivity contribution in [3.63, 3.8) is 0 Å². The topological polar surface area (TPSA) is 54.5 Å². The van der Waals surface area contributed by atoms with Crippen LogP contribution in [-0.2, 0) is 30.7 Å². The van der Waals surface area contributed by atoms with E-state index >= 15 is 0 Å². The molecule has 4 heterocycles. The Hall–Kier alpha value is -1.76. The van der Waals surface area contributed by atoms with Gasteiger partial charge in [-0.1, -0.05) is 13.0 Å². The fraction of sp³-hybridized carbons (Fsp3) is 0.545. The minimum Gasteiger partial charge on any atom is -0.381 e. The monoisotopic (exact) mass is 399 g/mol. The van der Waals surface area contributed by atoms with Crippen molar-refractivity contribution in [3.05, 3.63) is 51.0 Å². The lowest BCUT2D eigenvalue weighted by Crippen LogP contribution is -2.31. The lowest BCUT2D eigenvalue weighted by Gasteiger charge is -2.27. The van der Waals surface area contributed by atoms with Crippen LogP contribution < -0.4 is 5.32 Å². The summed E-state index contributed by atoms with van der Waals surface area (Å²) in [5.74, 6) is 0.687. The maximum absolute atomic E-state index is 12.6. The number of rotatable bonds is 7. The maximum Gasteiger partial charge on any atom is 0.252 e. The van der Waals surface area contributed by atoms with E-state index in [4.69, 9.17) is 4.74 Å². The molecule has 0 saturated carbocycles. The number of thiophene rings is 1. The van der Waals surface area contributed by atoms with E-state index in [2.05, 4.69) is 34.3 Å². The van der Waals surface area contributed by atoms with E-state index in [9.17, 15) is 4.79 Å². The Kier molecular flexibility index (Phi) is 6.40. The lowest BCUT2D eigenvalue weighted by molar-refractivity contribution is 0.0949. The molecular weight excluding hydrogens is 370 g/mol. The van der Waals surface area contributed by atoms with Crippen LogP contribution in [-0.4, -0.2) is 42.1 Å². The fourth-order valence-electron chi connectivity index (χ4n) is 3.99. The molecule has 2 aliphatic rings. The first-order valence-electron chi connectivity index (χ1n) is 10.3. The third-order valence-electron chi connectivity index (χ3n) is 5.81. The standard InChI is InChI=1S/C22H29N3O2S/c1-2-16-3-4-18(24-11-16)12-25-9-6-19-20(15-28-21(19)13-25)22(26)23-8-5-17-7-10-27-14-17/h3-4,11,15,17H,2,5-10,12-14H2,1H3,(H,23,26)/t17-/m1/s1. The predicted octanol–water partition coefficient (Wildman–Crippen LogP) is 3.42. The third kappa shape index (κ3) is 4.62. The summed E-state index contributed by atoms with van der Waals surface area (Å²) in [5, 5.41) is 5.15. The maximum atomic E-state index is 12.6. The number of ether oxygens (including phenoxy) is 1. The van der Waals surface area contributed by atoms with Gasteiger partial charge >= 0.3 is 0 Å². The van der Waals surface area contributed by atoms with E-state index in [-0.39, 0.29) is 5.91 Å². The average molecular weight is 400 g/mol. The quantitative estimate of drug-likeness (QED) is 0.775. The number of hydrogen-bond acceptors (Lipinski definition) is 5. The van der Waals surface area contributed by atoms with Gasteiger partial charge in [-0.05, 0) is 48.8 Å². The number of hydrogen-bond donors (Lipinski definition) is 1. The molecule has 28 heavy (non-hydrogen) atoms. The van der Waals surface area contributed by atoms with Gasteiger partial charge in [-0.3, -0.25) is 14.7 Å². The summed E-state index contributed by atoms with van der Waals surface area (Å²) in [6.45, 7) is 7.34. The van der Waals surface area contributed by atoms with Gasteiger partial charge in [0.25, 0.3) is 5.91 Å². The number of aryl methyl sites for hydroxylation is 1. The van der Waals surface area contributed by atoms with Crippen molar-refractivity contribution in [2.24, 2.45) is 5.92 Å². The van der Waals surface area contributed by atoms with E-state index in [1.165, 1.54) is 16.0 Å². The summed E-state index contributed by atoms with van der Waals surface area (Å²) >= 11 is 1.72. The molecule has 2 aliphatic heterocycles. The molecule has 1 fully saturated rings. The van der Waals surface area contributed by atoms with Gasteiger partial charge < -0.3 is 10.1 Å². The summed E-state index contributed by atoms with van der Waals surface area (Å²) < 4.78 is 5.41. The van der Waals surface area contributed by atoms with Crippen LogP contribution in [0.25, 0.3) is 0 Å². The molecule has 1 saturated heterocycles. The van der Waals surface area contributed by atoms with Gasteiger partial charge in [-0.25, -0.2) is 0 Å². The van der Waals surface area contributed by atoms with E-state index in [1.807, 2.05) is 11.6 Å². The molecule has 4 rings (SSSR count). The normalized spacial score (nSPS) is 19.5. The van der Waals surface area contributed by atoms with Crippen LogP contribution in [0.15, 0.2) is 23.7 Å². The largest absolute Gasteiger partial charge is 0.381 e. The number of fused-ring (bicyclic) bond motifs is 1. The highest BCUT2D eigenvalue weighted by Gasteiger charge is 2.24. The van der Waals surface area contributed by atoms with E-state index in [0.717, 1.165) is 76.3 Å². The smallest absolute Gasteiger partial charge is 0.252 e. The highest BCUT2D eigenvalue weighted by atomic mass is 32.1. The van der Waals surface area contributed by atoms with Crippen molar-refractivity contribution >= 4 is 17.2 Å². The molecule has 1 N–H and O–H groups in total. The molecule has 2 aromatic heterocycles. The zero-order valence-electron chi connectivity index (χ0n) is 16.6. The molecule has 0 unspecified atom stereocenters. The van der Waals surface area contributed by atoms with Crippen LogP contribution in [0.4, 0.5) is 0 Å². The molecule has 0 aliphatic carbocycles. The minimum atomic E-state index is 0.0849. The lowest BCUT2D eigenvalue weighted by atomic mass is 10.0. The predicted molar refractivity (Wildman–Crippen MR) is 112 cm³/mol. The molecule has 0 spiro atoms. The van der Waals surface area contributed by atoms with Crippen molar-refractivity contribution in [2.75, 3.05) is 26.3 Å². The first-order chi connectivity index (χ1) is 13.7. The first kappa shape index (κ1) is 19.6. The summed E-state index contributed by atoms with van der Waals surface area (Å²) in [7, 11) is 0. The van der Waals surface area contributed by atoms with Crippen molar-refractivity contribution < 1.29 is 9.53 Å². The number of carbonyl (C=O) groups excluding carboxylic acids is 1. The zero-order chi connectivity index (χ0) is 19.3. The summed E-state index contributed by atoms with van der Waals surface area (Å²) in [5.41, 5.74) is 4.52. The van der Waals surface area contributed by atoms with Crippen LogP contribution in [0.3, 0.4) is 0 Å². The van der Waals surface area contributed by atoms with Gasteiger partial charge in [0.05, 0.1) is 11.3 Å². The second-order valence-corrected chi connectivity index (χ2v) is 8.76. The molecule has 6 heteroatoms. The zero-order valence-corrected chi connectivity index (χ0v) is 17.4. The molecule has 0 bridgehead atoms. The molecule has 0 radical (unpaired) electrons. The van der Waals surface area contributed by atoms with Crippen LogP contribution in [0.5, 0.6) is 0 Å². The highest BCUT2D eigenvalue weighted by molar-refractivity contribution is 7.10. The Balaban J connectivity index is 1.31. The van der Waals surface area contributed by atoms with E-state index in [0.29, 0.717) is 5.92 Å². The van der Waals surface area contributed by atoms with E-state index in [1.54, 1.807) is 11.3 Å². The molecule has 0 aromatic carbocycles. The number of nitrogens with zero attached hydrogens (tertiary/aromatic N) is 2. The second kappa shape index (κ2) is 9.16. The van der Waals surface area contributed by atoms with Crippen LogP contribution in [0.1, 0.15) is 51.8 Å². The molecule has 5 nitrogen and oxygen atoms in total. The SMILES string of the molecule is CCc1ccc(CN2CCc3c(C(=O)NCC[C@@H]4CCOC4)csc3C2)nc1. The summed E-state index contributed by atoms with van der Waals surface area (Å²) in [4.78, 5) is 21.0. The Morgan fingerprint density at radius 2 is 2.36 bits per heavy atom.